The molecule has 0 aliphatic heterocycles. The normalized spacial score (nSPS) is 30.3. The molecule has 0 spiro atoms. The quantitative estimate of drug-likeness (QED) is 0.422. The molecule has 1 saturated carbocycles. The summed E-state index contributed by atoms with van der Waals surface area (Å²) < 4.78 is 0. The number of hydrogen-bond donors (Lipinski definition) is 1. The van der Waals surface area contributed by atoms with Gasteiger partial charge in [-0.15, -0.1) is 69.6 Å². The van der Waals surface area contributed by atoms with Gasteiger partial charge in [0, 0.05) is 11.4 Å². The van der Waals surface area contributed by atoms with Crippen LogP contribution in [0.5, 0.6) is 5.75 Å². The molecule has 0 unspecified atom stereocenters. The van der Waals surface area contributed by atoms with Crippen molar-refractivity contribution in [3.05, 3.63) is 64.7 Å². The van der Waals surface area contributed by atoms with Gasteiger partial charge in [0.2, 0.25) is 0 Å². The smallest absolute Gasteiger partial charge is 0.119 e. The highest BCUT2D eigenvalue weighted by Crippen LogP contribution is 2.39. The van der Waals surface area contributed by atoms with Gasteiger partial charge in [-0.25, -0.2) is 0 Å². The molecule has 0 atom stereocenters. The van der Waals surface area contributed by atoms with Crippen molar-refractivity contribution in [2.24, 2.45) is 0 Å². The summed E-state index contributed by atoms with van der Waals surface area (Å²) in [6.07, 6.45) is 0.702. The van der Waals surface area contributed by atoms with E-state index in [0.717, 1.165) is 11.1 Å². The fourth-order valence-electron chi connectivity index (χ4n) is 2.57. The summed E-state index contributed by atoms with van der Waals surface area (Å²) in [5, 5.41) is 7.67. The van der Waals surface area contributed by atoms with Gasteiger partial charge in [-0.05, 0) is 29.3 Å². The Labute approximate surface area is 194 Å². The van der Waals surface area contributed by atoms with Crippen LogP contribution in [0.3, 0.4) is 0 Å². The van der Waals surface area contributed by atoms with Crippen LogP contribution in [0.25, 0.3) is 0 Å². The van der Waals surface area contributed by atoms with E-state index in [4.69, 9.17) is 81.2 Å². The molecule has 2 aromatic rings. The standard InChI is InChI=1S/C13H11ClO.C6H6Cl6/c14-12-6-7-13(15)11(9-12)8-10-4-2-1-3-5-10;7-1-2(8)4(10)6(12)5(11)3(1)9/h1-7,9,15H,8H2;1-6H/t;1-,2-,3-,4+,5+,6+. The van der Waals surface area contributed by atoms with Crippen molar-refractivity contribution in [1.82, 2.24) is 0 Å². The predicted octanol–water partition coefficient (Wildman–Crippen LogP) is 7.28. The zero-order valence-corrected chi connectivity index (χ0v) is 19.2. The van der Waals surface area contributed by atoms with Crippen molar-refractivity contribution in [2.75, 3.05) is 0 Å². The lowest BCUT2D eigenvalue weighted by Gasteiger charge is -2.37. The fraction of sp³-hybridized carbons (Fsp3) is 0.368. The summed E-state index contributed by atoms with van der Waals surface area (Å²) in [5.74, 6) is 0.295. The molecule has 1 aliphatic carbocycles. The van der Waals surface area contributed by atoms with E-state index >= 15 is 0 Å². The number of benzene rings is 2. The highest BCUT2D eigenvalue weighted by Gasteiger charge is 2.46. The molecule has 1 N–H and O–H groups in total. The largest absolute Gasteiger partial charge is 0.508 e. The Kier molecular flexibility index (Phi) is 9.49. The summed E-state index contributed by atoms with van der Waals surface area (Å²) in [6.45, 7) is 0. The van der Waals surface area contributed by atoms with Crippen LogP contribution in [0.1, 0.15) is 11.1 Å². The topological polar surface area (TPSA) is 20.2 Å². The molecule has 0 radical (unpaired) electrons. The zero-order chi connectivity index (χ0) is 20.1. The SMILES string of the molecule is Cl[C@H]1[C@H](Cl)[C@@H](Cl)[C@@H](Cl)[C@H](Cl)[C@H]1Cl.Oc1ccc(Cl)cc1Cc1ccccc1. The Morgan fingerprint density at radius 3 is 1.56 bits per heavy atom. The van der Waals surface area contributed by atoms with E-state index in [1.165, 1.54) is 0 Å². The molecule has 8 heteroatoms. The van der Waals surface area contributed by atoms with Gasteiger partial charge in [0.15, 0.2) is 0 Å². The molecule has 3 rings (SSSR count). The zero-order valence-electron chi connectivity index (χ0n) is 13.9. The highest BCUT2D eigenvalue weighted by molar-refractivity contribution is 6.45. The van der Waals surface area contributed by atoms with Crippen molar-refractivity contribution in [3.63, 3.8) is 0 Å². The van der Waals surface area contributed by atoms with Crippen molar-refractivity contribution >= 4 is 81.2 Å². The Bertz CT molecular complexity index is 669. The molecule has 0 bridgehead atoms. The first-order chi connectivity index (χ1) is 12.7. The minimum atomic E-state index is -0.437. The van der Waals surface area contributed by atoms with Crippen LogP contribution < -0.4 is 0 Å². The van der Waals surface area contributed by atoms with Gasteiger partial charge in [0.05, 0.1) is 32.3 Å². The first kappa shape index (κ1) is 23.5. The van der Waals surface area contributed by atoms with E-state index in [-0.39, 0.29) is 0 Å². The molecule has 148 valence electrons. The van der Waals surface area contributed by atoms with E-state index in [2.05, 4.69) is 0 Å². The Morgan fingerprint density at radius 2 is 1.11 bits per heavy atom. The predicted molar refractivity (Wildman–Crippen MR) is 120 cm³/mol. The lowest BCUT2D eigenvalue weighted by molar-refractivity contribution is 0.469. The van der Waals surface area contributed by atoms with Gasteiger partial charge in [0.1, 0.15) is 5.75 Å². The molecule has 0 heterocycles. The van der Waals surface area contributed by atoms with E-state index in [1.807, 2.05) is 30.3 Å². The van der Waals surface area contributed by atoms with E-state index in [1.54, 1.807) is 18.2 Å². The van der Waals surface area contributed by atoms with E-state index in [9.17, 15) is 5.11 Å². The molecule has 0 aromatic heterocycles. The van der Waals surface area contributed by atoms with Gasteiger partial charge in [0.25, 0.3) is 0 Å². The van der Waals surface area contributed by atoms with Crippen molar-refractivity contribution in [2.45, 2.75) is 38.7 Å². The second-order valence-electron chi connectivity index (χ2n) is 6.10. The Hall–Kier alpha value is 0.270. The van der Waals surface area contributed by atoms with Crippen molar-refractivity contribution in [1.29, 1.82) is 0 Å². The minimum Gasteiger partial charge on any atom is -0.508 e. The van der Waals surface area contributed by atoms with Crippen LogP contribution >= 0.6 is 81.2 Å². The maximum Gasteiger partial charge on any atom is 0.119 e. The Balaban J connectivity index is 0.000000199. The summed E-state index contributed by atoms with van der Waals surface area (Å²) in [5.41, 5.74) is 2.02. The highest BCUT2D eigenvalue weighted by atomic mass is 35.5. The molecule has 0 saturated heterocycles. The third-order valence-corrected chi connectivity index (χ3v) is 8.37. The third-order valence-electron chi connectivity index (χ3n) is 4.10. The number of alkyl halides is 6. The molecular weight excluding hydrogens is 492 g/mol. The average molecular weight is 510 g/mol. The number of phenolic OH excluding ortho intramolecular Hbond substituents is 1. The van der Waals surface area contributed by atoms with Crippen LogP contribution in [-0.4, -0.2) is 37.4 Å². The van der Waals surface area contributed by atoms with Gasteiger partial charge in [-0.2, -0.15) is 0 Å². The number of rotatable bonds is 2. The molecule has 0 amide bonds. The number of hydrogen-bond acceptors (Lipinski definition) is 1. The number of phenols is 1. The number of halogens is 7. The van der Waals surface area contributed by atoms with Gasteiger partial charge in [-0.3, -0.25) is 0 Å². The second-order valence-corrected chi connectivity index (χ2v) is 9.56. The molecule has 27 heavy (non-hydrogen) atoms. The lowest BCUT2D eigenvalue weighted by atomic mass is 9.97. The van der Waals surface area contributed by atoms with Crippen LogP contribution in [0.15, 0.2) is 48.5 Å². The van der Waals surface area contributed by atoms with Crippen LogP contribution in [0.4, 0.5) is 0 Å². The van der Waals surface area contributed by atoms with E-state index in [0.29, 0.717) is 17.2 Å². The molecule has 1 aliphatic rings. The van der Waals surface area contributed by atoms with Crippen molar-refractivity contribution < 1.29 is 5.11 Å². The first-order valence-electron chi connectivity index (χ1n) is 8.08. The molecule has 2 aromatic carbocycles. The van der Waals surface area contributed by atoms with Crippen LogP contribution in [0.2, 0.25) is 5.02 Å². The lowest BCUT2D eigenvalue weighted by Crippen LogP contribution is -2.52. The van der Waals surface area contributed by atoms with Crippen LogP contribution in [0, 0.1) is 0 Å². The fourth-order valence-corrected chi connectivity index (χ4v) is 5.09. The number of aromatic hydroxyl groups is 1. The summed E-state index contributed by atoms with van der Waals surface area (Å²) in [6, 6.07) is 15.1. The summed E-state index contributed by atoms with van der Waals surface area (Å²) in [7, 11) is 0. The average Bonchev–Trinajstić information content (AvgIpc) is 2.67. The molecular formula is C19H17Cl7O. The molecule has 1 fully saturated rings. The van der Waals surface area contributed by atoms with Gasteiger partial charge < -0.3 is 5.11 Å². The van der Waals surface area contributed by atoms with Gasteiger partial charge >= 0.3 is 0 Å². The maximum absolute atomic E-state index is 9.64. The Morgan fingerprint density at radius 1 is 0.667 bits per heavy atom. The van der Waals surface area contributed by atoms with Crippen LogP contribution in [-0.2, 0) is 6.42 Å². The van der Waals surface area contributed by atoms with E-state index < -0.39 is 32.3 Å². The minimum absolute atomic E-state index is 0.295. The third kappa shape index (κ3) is 6.37. The second kappa shape index (κ2) is 10.9. The first-order valence-corrected chi connectivity index (χ1v) is 11.1. The van der Waals surface area contributed by atoms with Gasteiger partial charge in [-0.1, -0.05) is 41.9 Å². The molecule has 1 nitrogen and oxygen atoms in total. The summed E-state index contributed by atoms with van der Waals surface area (Å²) in [4.78, 5) is 0. The monoisotopic (exact) mass is 506 g/mol. The summed E-state index contributed by atoms with van der Waals surface area (Å²) >= 11 is 41.2. The van der Waals surface area contributed by atoms with Crippen molar-refractivity contribution in [3.8, 4) is 5.75 Å². The maximum atomic E-state index is 9.64.